The standard InChI is InChI=1S/C17H11NO4.C3H8N2O/c19-17(20)12-6-11-7-14-15(22-9-21-14)8-13(11)18-16(12)10-4-2-1-3-5-10;1-2-5-3(4)6/h1-8H,9H2,(H,19,20);2H2,1H3,(H3,4,5,6). The summed E-state index contributed by atoms with van der Waals surface area (Å²) in [6.07, 6.45) is 0. The predicted octanol–water partition coefficient (Wildman–Crippen LogP) is 3.00. The molecule has 0 aliphatic carbocycles. The number of hydrogen-bond acceptors (Lipinski definition) is 5. The van der Waals surface area contributed by atoms with Crippen LogP contribution in [0, 0.1) is 0 Å². The van der Waals surface area contributed by atoms with Crippen molar-refractivity contribution in [2.75, 3.05) is 13.3 Å². The van der Waals surface area contributed by atoms with Gasteiger partial charge in [-0.25, -0.2) is 14.6 Å². The van der Waals surface area contributed by atoms with E-state index in [1.807, 2.05) is 37.3 Å². The van der Waals surface area contributed by atoms with Gasteiger partial charge in [-0.1, -0.05) is 30.3 Å². The number of carboxylic acids is 1. The van der Waals surface area contributed by atoms with Crippen molar-refractivity contribution in [3.8, 4) is 22.8 Å². The third-order valence-electron chi connectivity index (χ3n) is 3.94. The number of ether oxygens (including phenoxy) is 2. The van der Waals surface area contributed by atoms with E-state index in [1.165, 1.54) is 0 Å². The van der Waals surface area contributed by atoms with Gasteiger partial charge in [-0.2, -0.15) is 0 Å². The molecule has 144 valence electrons. The Morgan fingerprint density at radius 1 is 1.14 bits per heavy atom. The second kappa shape index (κ2) is 8.26. The summed E-state index contributed by atoms with van der Waals surface area (Å²) in [7, 11) is 0. The molecular weight excluding hydrogens is 362 g/mol. The quantitative estimate of drug-likeness (QED) is 0.641. The van der Waals surface area contributed by atoms with E-state index in [9.17, 15) is 14.7 Å². The van der Waals surface area contributed by atoms with Crippen LogP contribution in [0.3, 0.4) is 0 Å². The molecule has 0 spiro atoms. The maximum Gasteiger partial charge on any atom is 0.337 e. The van der Waals surface area contributed by atoms with Crippen LogP contribution < -0.4 is 20.5 Å². The molecule has 3 aromatic rings. The van der Waals surface area contributed by atoms with Gasteiger partial charge in [-0.15, -0.1) is 0 Å². The number of carboxylic acid groups (broad SMARTS) is 1. The molecule has 2 heterocycles. The molecule has 1 aliphatic rings. The Hall–Kier alpha value is -3.81. The topological polar surface area (TPSA) is 124 Å². The van der Waals surface area contributed by atoms with Gasteiger partial charge in [-0.3, -0.25) is 0 Å². The molecule has 0 radical (unpaired) electrons. The van der Waals surface area contributed by atoms with Gasteiger partial charge >= 0.3 is 12.0 Å². The number of carbonyl (C=O) groups is 2. The molecule has 0 atom stereocenters. The molecule has 8 heteroatoms. The lowest BCUT2D eigenvalue weighted by Crippen LogP contribution is -2.28. The van der Waals surface area contributed by atoms with E-state index in [1.54, 1.807) is 18.2 Å². The van der Waals surface area contributed by atoms with Crippen LogP contribution in [0.4, 0.5) is 4.79 Å². The van der Waals surface area contributed by atoms with Crippen LogP contribution in [0.25, 0.3) is 22.2 Å². The van der Waals surface area contributed by atoms with Crippen LogP contribution in [-0.4, -0.2) is 35.4 Å². The van der Waals surface area contributed by atoms with Crippen LogP contribution in [0.15, 0.2) is 48.5 Å². The summed E-state index contributed by atoms with van der Waals surface area (Å²) in [5.41, 5.74) is 6.70. The Balaban J connectivity index is 0.000000330. The Kier molecular flexibility index (Phi) is 5.59. The highest BCUT2D eigenvalue weighted by atomic mass is 16.7. The number of nitrogens with two attached hydrogens (primary N) is 1. The van der Waals surface area contributed by atoms with E-state index in [2.05, 4.69) is 16.0 Å². The lowest BCUT2D eigenvalue weighted by atomic mass is 10.0. The van der Waals surface area contributed by atoms with E-state index >= 15 is 0 Å². The van der Waals surface area contributed by atoms with E-state index < -0.39 is 12.0 Å². The van der Waals surface area contributed by atoms with Crippen molar-refractivity contribution >= 4 is 22.9 Å². The first-order valence-electron chi connectivity index (χ1n) is 8.56. The molecule has 4 rings (SSSR count). The summed E-state index contributed by atoms with van der Waals surface area (Å²) in [5, 5.41) is 12.5. The Morgan fingerprint density at radius 3 is 2.39 bits per heavy atom. The largest absolute Gasteiger partial charge is 0.478 e. The van der Waals surface area contributed by atoms with E-state index in [0.29, 0.717) is 34.6 Å². The minimum Gasteiger partial charge on any atom is -0.478 e. The van der Waals surface area contributed by atoms with Gasteiger partial charge in [-0.05, 0) is 19.1 Å². The fraction of sp³-hybridized carbons (Fsp3) is 0.150. The van der Waals surface area contributed by atoms with Gasteiger partial charge in [0.1, 0.15) is 0 Å². The van der Waals surface area contributed by atoms with Gasteiger partial charge in [0.15, 0.2) is 11.5 Å². The number of aromatic nitrogens is 1. The Bertz CT molecular complexity index is 1020. The number of pyridine rings is 1. The fourth-order valence-corrected chi connectivity index (χ4v) is 2.72. The highest BCUT2D eigenvalue weighted by molar-refractivity contribution is 6.00. The number of hydrogen-bond donors (Lipinski definition) is 3. The molecule has 1 aromatic heterocycles. The summed E-state index contributed by atoms with van der Waals surface area (Å²) in [6.45, 7) is 2.59. The molecule has 0 unspecified atom stereocenters. The number of primary amides is 1. The number of nitrogens with one attached hydrogen (secondary N) is 1. The number of nitrogens with zero attached hydrogens (tertiary/aromatic N) is 1. The minimum atomic E-state index is -1.01. The number of aromatic carboxylic acids is 1. The van der Waals surface area contributed by atoms with E-state index in [0.717, 1.165) is 5.56 Å². The van der Waals surface area contributed by atoms with Gasteiger partial charge in [0, 0.05) is 23.6 Å². The Labute approximate surface area is 160 Å². The molecule has 2 amide bonds. The first kappa shape index (κ1) is 19.0. The zero-order valence-corrected chi connectivity index (χ0v) is 15.1. The molecule has 0 bridgehead atoms. The van der Waals surface area contributed by atoms with Crippen molar-refractivity contribution in [3.63, 3.8) is 0 Å². The fourth-order valence-electron chi connectivity index (χ4n) is 2.72. The molecule has 8 nitrogen and oxygen atoms in total. The van der Waals surface area contributed by atoms with E-state index in [-0.39, 0.29) is 12.4 Å². The maximum absolute atomic E-state index is 11.6. The van der Waals surface area contributed by atoms with Crippen LogP contribution in [0.1, 0.15) is 17.3 Å². The van der Waals surface area contributed by atoms with Crippen LogP contribution >= 0.6 is 0 Å². The van der Waals surface area contributed by atoms with Gasteiger partial charge in [0.2, 0.25) is 6.79 Å². The third-order valence-corrected chi connectivity index (χ3v) is 3.94. The average molecular weight is 381 g/mol. The van der Waals surface area contributed by atoms with Gasteiger partial charge < -0.3 is 25.6 Å². The molecule has 0 saturated heterocycles. The summed E-state index contributed by atoms with van der Waals surface area (Å²) >= 11 is 0. The normalized spacial score (nSPS) is 11.5. The molecule has 1 aliphatic heterocycles. The molecule has 4 N–H and O–H groups in total. The van der Waals surface area contributed by atoms with E-state index in [4.69, 9.17) is 9.47 Å². The van der Waals surface area contributed by atoms with Crippen LogP contribution in [-0.2, 0) is 0 Å². The summed E-state index contributed by atoms with van der Waals surface area (Å²) in [5.74, 6) is 0.228. The monoisotopic (exact) mass is 381 g/mol. The number of urea groups is 1. The summed E-state index contributed by atoms with van der Waals surface area (Å²) in [4.78, 5) is 25.8. The lowest BCUT2D eigenvalue weighted by molar-refractivity contribution is 0.0697. The van der Waals surface area contributed by atoms with Crippen LogP contribution in [0.5, 0.6) is 11.5 Å². The zero-order valence-electron chi connectivity index (χ0n) is 15.1. The molecule has 2 aromatic carbocycles. The number of fused-ring (bicyclic) bond motifs is 2. The van der Waals surface area contributed by atoms with Crippen molar-refractivity contribution in [2.24, 2.45) is 5.73 Å². The number of benzene rings is 2. The number of rotatable bonds is 3. The molecule has 0 saturated carbocycles. The number of carbonyl (C=O) groups excluding carboxylic acids is 1. The smallest absolute Gasteiger partial charge is 0.337 e. The van der Waals surface area contributed by atoms with Gasteiger partial charge in [0.25, 0.3) is 0 Å². The maximum atomic E-state index is 11.6. The third kappa shape index (κ3) is 4.12. The second-order valence-corrected chi connectivity index (χ2v) is 5.85. The first-order chi connectivity index (χ1) is 13.5. The molecule has 0 fully saturated rings. The first-order valence-corrected chi connectivity index (χ1v) is 8.56. The Morgan fingerprint density at radius 2 is 1.82 bits per heavy atom. The van der Waals surface area contributed by atoms with Crippen molar-refractivity contribution in [1.29, 1.82) is 0 Å². The van der Waals surface area contributed by atoms with Crippen molar-refractivity contribution in [3.05, 3.63) is 54.1 Å². The lowest BCUT2D eigenvalue weighted by Gasteiger charge is -2.08. The van der Waals surface area contributed by atoms with Crippen LogP contribution in [0.2, 0.25) is 0 Å². The second-order valence-electron chi connectivity index (χ2n) is 5.85. The highest BCUT2D eigenvalue weighted by Gasteiger charge is 2.19. The minimum absolute atomic E-state index is 0.164. The summed E-state index contributed by atoms with van der Waals surface area (Å²) < 4.78 is 10.7. The van der Waals surface area contributed by atoms with Gasteiger partial charge in [0.05, 0.1) is 16.8 Å². The van der Waals surface area contributed by atoms with Crippen molar-refractivity contribution in [2.45, 2.75) is 6.92 Å². The average Bonchev–Trinajstić information content (AvgIpc) is 3.13. The molecule has 28 heavy (non-hydrogen) atoms. The zero-order chi connectivity index (χ0) is 20.1. The van der Waals surface area contributed by atoms with Crippen molar-refractivity contribution in [1.82, 2.24) is 10.3 Å². The summed E-state index contributed by atoms with van der Waals surface area (Å²) in [6, 6.07) is 14.0. The van der Waals surface area contributed by atoms with Crippen molar-refractivity contribution < 1.29 is 24.2 Å². The molecular formula is C20H19N3O5. The SMILES string of the molecule is CCNC(N)=O.O=C(O)c1cc2cc3c(cc2nc1-c1ccccc1)OCO3. The highest BCUT2D eigenvalue weighted by Crippen LogP contribution is 2.37. The predicted molar refractivity (Wildman–Crippen MR) is 104 cm³/mol. The number of amides is 2.